The molecule has 0 saturated carbocycles. The van der Waals surface area contributed by atoms with E-state index < -0.39 is 0 Å². The van der Waals surface area contributed by atoms with Crippen LogP contribution in [-0.4, -0.2) is 5.71 Å². The van der Waals surface area contributed by atoms with Crippen LogP contribution in [-0.2, 0) is 140 Å². The summed E-state index contributed by atoms with van der Waals surface area (Å²) in [7, 11) is 0. The van der Waals surface area contributed by atoms with Gasteiger partial charge in [-0.15, -0.1) is 0 Å². The van der Waals surface area contributed by atoms with Crippen LogP contribution >= 0.6 is 0 Å². The smallest absolute Gasteiger partial charge is 0.0677 e. The van der Waals surface area contributed by atoms with E-state index in [0.717, 1.165) is 0 Å². The average molecular weight is 1190 g/mol. The third-order valence-electron chi connectivity index (χ3n) is 4.78. The number of nitrogens with zero attached hydrogens (tertiary/aromatic N) is 1. The van der Waals surface area contributed by atoms with Gasteiger partial charge in [-0.05, 0) is 68.1 Å². The Kier molecular flexibility index (Phi) is 19.2. The van der Waals surface area contributed by atoms with E-state index in [1.54, 1.807) is 0 Å². The molecule has 0 radical (unpaired) electrons. The normalized spacial score (nSPS) is 17.5. The van der Waals surface area contributed by atoms with Crippen molar-refractivity contribution in [1.82, 2.24) is 0 Å². The van der Waals surface area contributed by atoms with Crippen molar-refractivity contribution in [3.63, 3.8) is 0 Å². The molecule has 6 heteroatoms. The van der Waals surface area contributed by atoms with Crippen LogP contribution < -0.4 is 0 Å². The predicted molar refractivity (Wildman–Crippen MR) is 75.5 cm³/mol. The molecule has 2 rings (SSSR count). The molecule has 1 aromatic carbocycles. The summed E-state index contributed by atoms with van der Waals surface area (Å²) < 4.78 is 0. The van der Waals surface area contributed by atoms with Crippen LogP contribution in [0.15, 0.2) is 4.99 Å². The molecule has 0 aliphatic carbocycles. The van der Waals surface area contributed by atoms with Crippen LogP contribution in [0.5, 0.6) is 0 Å². The number of aliphatic imine (C=N–C) groups is 1. The van der Waals surface area contributed by atoms with Crippen molar-refractivity contribution in [1.29, 1.82) is 0 Å². The van der Waals surface area contributed by atoms with Gasteiger partial charge in [-0.25, -0.2) is 0 Å². The van der Waals surface area contributed by atoms with Gasteiger partial charge in [-0.3, -0.25) is 4.99 Å². The van der Waals surface area contributed by atoms with Gasteiger partial charge in [0.05, 0.1) is 5.69 Å². The van der Waals surface area contributed by atoms with Gasteiger partial charge in [0.1, 0.15) is 0 Å². The van der Waals surface area contributed by atoms with Crippen molar-refractivity contribution in [2.45, 2.75) is 53.9 Å². The molecule has 1 aliphatic heterocycles. The van der Waals surface area contributed by atoms with Crippen LogP contribution in [0, 0.1) is 34.1 Å². The summed E-state index contributed by atoms with van der Waals surface area (Å²) in [6.07, 6.45) is 2.28. The topological polar surface area (TPSA) is 12.4 Å². The first kappa shape index (κ1) is 33.1. The Hall–Kier alpha value is 3.44. The number of hydrogen-bond acceptors (Lipinski definition) is 1. The fraction of sp³-hybridized carbons (Fsp3) is 0.500. The third kappa shape index (κ3) is 5.47. The van der Waals surface area contributed by atoms with Gasteiger partial charge in [0.15, 0.2) is 0 Å². The van der Waals surface area contributed by atoms with E-state index in [1.807, 2.05) is 0 Å². The predicted octanol–water partition coefficient (Wildman–Crippen LogP) is 4.50. The van der Waals surface area contributed by atoms with E-state index >= 15 is 0 Å². The second-order valence-electron chi connectivity index (χ2n) is 5.41. The number of fused-ring (bicyclic) bond motifs is 1. The second kappa shape index (κ2) is 12.8. The molecule has 0 N–H and O–H groups in total. The first-order valence-electron chi connectivity index (χ1n) is 6.31. The molecule has 106 valence electrons. The summed E-state index contributed by atoms with van der Waals surface area (Å²) in [5, 5.41) is 0. The van der Waals surface area contributed by atoms with Crippen molar-refractivity contribution < 1.29 is 135 Å². The number of hydrogen-bond donors (Lipinski definition) is 0. The zero-order chi connectivity index (χ0) is 13.0. The fourth-order valence-corrected chi connectivity index (χ4v) is 2.89. The maximum absolute atomic E-state index is 4.82. The van der Waals surface area contributed by atoms with Gasteiger partial charge in [0.25, 0.3) is 0 Å². The molecule has 0 bridgehead atoms. The molecule has 1 nitrogen and oxygen atoms in total. The zero-order valence-electron chi connectivity index (χ0n) is 15.1. The molecular weight excluding hydrogens is 1160 g/mol. The summed E-state index contributed by atoms with van der Waals surface area (Å²) >= 11 is 0. The molecule has 22 heavy (non-hydrogen) atoms. The van der Waals surface area contributed by atoms with E-state index in [4.69, 9.17) is 4.99 Å². The third-order valence-corrected chi connectivity index (χ3v) is 4.78. The summed E-state index contributed by atoms with van der Waals surface area (Å²) in [6.45, 7) is 15.4. The Morgan fingerprint density at radius 2 is 1.18 bits per heavy atom. The maximum Gasteiger partial charge on any atom is 0.0677 e. The first-order valence-corrected chi connectivity index (χ1v) is 6.31. The molecule has 0 spiro atoms. The Morgan fingerprint density at radius 1 is 0.773 bits per heavy atom. The molecule has 1 heterocycles. The number of benzene rings is 1. The molecule has 0 saturated heterocycles. The Balaban J connectivity index is -0.000000324. The molecule has 0 aromatic heterocycles. The van der Waals surface area contributed by atoms with Gasteiger partial charge >= 0.3 is 0 Å². The fourth-order valence-electron chi connectivity index (χ4n) is 2.89. The second-order valence-corrected chi connectivity index (χ2v) is 5.41. The van der Waals surface area contributed by atoms with Gasteiger partial charge < -0.3 is 6.42 Å². The van der Waals surface area contributed by atoms with Crippen molar-refractivity contribution in [3.05, 3.63) is 34.2 Å². The van der Waals surface area contributed by atoms with Crippen LogP contribution in [0.25, 0.3) is 0 Å². The Morgan fingerprint density at radius 3 is 1.59 bits per heavy atom. The van der Waals surface area contributed by atoms with Crippen molar-refractivity contribution in [2.75, 3.05) is 0 Å². The van der Waals surface area contributed by atoms with Gasteiger partial charge in [-0.1, -0.05) is 12.3 Å². The quantitative estimate of drug-likeness (QED) is 0.291. The number of rotatable bonds is 1. The summed E-state index contributed by atoms with van der Waals surface area (Å²) in [5.74, 6) is 0. The monoisotopic (exact) mass is 1190 g/mol. The van der Waals surface area contributed by atoms with Crippen LogP contribution in [0.3, 0.4) is 0 Å². The van der Waals surface area contributed by atoms with Crippen molar-refractivity contribution in [3.8, 4) is 0 Å². The maximum atomic E-state index is 4.82. The molecule has 1 aliphatic rings. The molecule has 0 amide bonds. The van der Waals surface area contributed by atoms with Crippen molar-refractivity contribution in [2.24, 2.45) is 4.99 Å². The minimum atomic E-state index is 0. The van der Waals surface area contributed by atoms with Crippen LogP contribution in [0.4, 0.5) is 5.69 Å². The first-order chi connectivity index (χ1) is 7.84. The summed E-state index contributed by atoms with van der Waals surface area (Å²) in [6, 6.07) is 0. The molecule has 0 fully saturated rings. The Bertz CT molecular complexity index is 545. The molecule has 1 atom stereocenters. The summed E-state index contributed by atoms with van der Waals surface area (Å²) in [4.78, 5) is 4.82. The van der Waals surface area contributed by atoms with Gasteiger partial charge in [0.2, 0.25) is 0 Å². The van der Waals surface area contributed by atoms with Crippen LogP contribution in [0.1, 0.15) is 48.6 Å². The minimum absolute atomic E-state index is 0. The largest absolute Gasteiger partial charge is 0.316 e. The van der Waals surface area contributed by atoms with Gasteiger partial charge in [-0.2, -0.15) is 6.92 Å². The zero-order valence-corrected chi connectivity index (χ0v) is 38.8. The SMILES string of the molecule is C[CH-]C1(C)C(C)=Nc2c(C)c(C)c(C)c(C)c21.[Hf].[Hf].[Hg].[Hg].[Hg]. The standard InChI is InChI=1S/C16H22N.2Hf.3Hg/c1-8-16(7)13(6)17-15-12(5)10(3)9(2)11(4)14(15)16;;;;;/h8H,1-7H3;;;;;/q-1;;;;;. The van der Waals surface area contributed by atoms with E-state index in [-0.39, 0.29) is 140 Å². The van der Waals surface area contributed by atoms with E-state index in [9.17, 15) is 0 Å². The van der Waals surface area contributed by atoms with Crippen LogP contribution in [0.2, 0.25) is 0 Å². The van der Waals surface area contributed by atoms with Crippen molar-refractivity contribution >= 4 is 11.4 Å². The Labute approximate surface area is 235 Å². The van der Waals surface area contributed by atoms with E-state index in [0.29, 0.717) is 0 Å². The summed E-state index contributed by atoms with van der Waals surface area (Å²) in [5.41, 5.74) is 9.41. The minimum Gasteiger partial charge on any atom is -0.316 e. The van der Waals surface area contributed by atoms with E-state index in [2.05, 4.69) is 54.9 Å². The molecular formula is C16H22Hf2Hg3N-. The van der Waals surface area contributed by atoms with Gasteiger partial charge in [0, 0.05) is 135 Å². The molecule has 1 aromatic rings. The van der Waals surface area contributed by atoms with E-state index in [1.165, 1.54) is 39.2 Å². The molecule has 1 unspecified atom stereocenters. The average Bonchev–Trinajstić information content (AvgIpc) is 2.58.